The van der Waals surface area contributed by atoms with Crippen molar-refractivity contribution in [2.75, 3.05) is 0 Å². The first-order valence-electron chi connectivity index (χ1n) is 5.95. The largest absolute Gasteiger partial charge is 0.483 e. The van der Waals surface area contributed by atoms with Crippen LogP contribution in [0, 0.1) is 11.3 Å². The number of rotatable bonds is 0. The average molecular weight is 235 g/mol. The Morgan fingerprint density at radius 1 is 1.17 bits per heavy atom. The molecule has 1 aliphatic rings. The highest BCUT2D eigenvalue weighted by molar-refractivity contribution is 5.96. The Kier molecular flexibility index (Phi) is 2.18. The van der Waals surface area contributed by atoms with Crippen LogP contribution in [0.3, 0.4) is 0 Å². The van der Waals surface area contributed by atoms with Crippen LogP contribution in [0.25, 0.3) is 16.8 Å². The molecule has 0 saturated carbocycles. The molecular formula is C16H13NO. The molecule has 0 atom stereocenters. The number of benzene rings is 2. The molecule has 0 spiro atoms. The van der Waals surface area contributed by atoms with Crippen molar-refractivity contribution in [1.29, 1.82) is 5.26 Å². The normalized spacial score (nSPS) is 15.8. The molecule has 18 heavy (non-hydrogen) atoms. The second-order valence-electron chi connectivity index (χ2n) is 5.04. The lowest BCUT2D eigenvalue weighted by Gasteiger charge is -2.29. The number of nitriles is 1. The summed E-state index contributed by atoms with van der Waals surface area (Å²) in [6.45, 7) is 4.05. The lowest BCUT2D eigenvalue weighted by Crippen LogP contribution is -2.27. The molecule has 2 nitrogen and oxygen atoms in total. The third kappa shape index (κ3) is 1.56. The molecule has 0 unspecified atom stereocenters. The molecule has 88 valence electrons. The van der Waals surface area contributed by atoms with Gasteiger partial charge in [-0.15, -0.1) is 0 Å². The quantitative estimate of drug-likeness (QED) is 0.693. The zero-order chi connectivity index (χ0) is 12.8. The van der Waals surface area contributed by atoms with E-state index in [0.29, 0.717) is 5.56 Å². The molecule has 0 amide bonds. The van der Waals surface area contributed by atoms with Crippen molar-refractivity contribution in [3.05, 3.63) is 47.5 Å². The number of nitrogens with zero attached hydrogens (tertiary/aromatic N) is 1. The van der Waals surface area contributed by atoms with Gasteiger partial charge < -0.3 is 4.74 Å². The van der Waals surface area contributed by atoms with Gasteiger partial charge in [0.05, 0.1) is 11.6 Å². The van der Waals surface area contributed by atoms with Crippen LogP contribution < -0.4 is 4.74 Å². The maximum atomic E-state index is 9.22. The van der Waals surface area contributed by atoms with Crippen molar-refractivity contribution >= 4 is 16.8 Å². The lowest BCUT2D eigenvalue weighted by atomic mass is 9.95. The highest BCUT2D eigenvalue weighted by Gasteiger charge is 2.24. The number of hydrogen-bond donors (Lipinski definition) is 0. The average Bonchev–Trinajstić information content (AvgIpc) is 2.37. The van der Waals surface area contributed by atoms with Gasteiger partial charge in [-0.3, -0.25) is 0 Å². The molecule has 0 fully saturated rings. The summed E-state index contributed by atoms with van der Waals surface area (Å²) in [6, 6.07) is 12.0. The first-order chi connectivity index (χ1) is 8.61. The Morgan fingerprint density at radius 2 is 1.89 bits per heavy atom. The van der Waals surface area contributed by atoms with Gasteiger partial charge in [-0.05, 0) is 26.0 Å². The number of hydrogen-bond acceptors (Lipinski definition) is 2. The number of ether oxygens (including phenoxy) is 1. The number of fused-ring (bicyclic) bond motifs is 3. The van der Waals surface area contributed by atoms with Crippen LogP contribution in [0.2, 0.25) is 0 Å². The van der Waals surface area contributed by atoms with Gasteiger partial charge in [-0.1, -0.05) is 30.3 Å². The van der Waals surface area contributed by atoms with Gasteiger partial charge in [0.25, 0.3) is 0 Å². The minimum Gasteiger partial charge on any atom is -0.483 e. The van der Waals surface area contributed by atoms with Crippen molar-refractivity contribution in [3.8, 4) is 11.8 Å². The molecule has 0 aromatic heterocycles. The van der Waals surface area contributed by atoms with Gasteiger partial charge in [-0.2, -0.15) is 5.26 Å². The molecule has 2 aromatic rings. The summed E-state index contributed by atoms with van der Waals surface area (Å²) >= 11 is 0. The topological polar surface area (TPSA) is 33.0 Å². The minimum absolute atomic E-state index is 0.302. The first kappa shape index (κ1) is 10.9. The molecule has 0 aliphatic carbocycles. The lowest BCUT2D eigenvalue weighted by molar-refractivity contribution is 0.161. The van der Waals surface area contributed by atoms with Crippen molar-refractivity contribution in [2.45, 2.75) is 19.4 Å². The van der Waals surface area contributed by atoms with Crippen LogP contribution in [0.15, 0.2) is 36.4 Å². The summed E-state index contributed by atoms with van der Waals surface area (Å²) in [5, 5.41) is 11.2. The zero-order valence-electron chi connectivity index (χ0n) is 10.4. The predicted molar refractivity (Wildman–Crippen MR) is 72.4 cm³/mol. The van der Waals surface area contributed by atoms with E-state index >= 15 is 0 Å². The third-order valence-corrected chi connectivity index (χ3v) is 3.17. The van der Waals surface area contributed by atoms with Crippen LogP contribution in [0.4, 0.5) is 0 Å². The molecule has 3 rings (SSSR count). The second-order valence-corrected chi connectivity index (χ2v) is 5.04. The van der Waals surface area contributed by atoms with Gasteiger partial charge in [-0.25, -0.2) is 0 Å². The Balaban J connectivity index is 2.39. The smallest absolute Gasteiger partial charge is 0.135 e. The predicted octanol–water partition coefficient (Wildman–Crippen LogP) is 3.90. The van der Waals surface area contributed by atoms with E-state index in [1.165, 1.54) is 0 Å². The van der Waals surface area contributed by atoms with Gasteiger partial charge in [0.1, 0.15) is 11.4 Å². The fraction of sp³-hybridized carbons (Fsp3) is 0.188. The second kappa shape index (κ2) is 3.61. The van der Waals surface area contributed by atoms with E-state index in [-0.39, 0.29) is 5.60 Å². The van der Waals surface area contributed by atoms with Gasteiger partial charge >= 0.3 is 0 Å². The highest BCUT2D eigenvalue weighted by Crippen LogP contribution is 2.38. The van der Waals surface area contributed by atoms with Crippen LogP contribution in [-0.2, 0) is 0 Å². The van der Waals surface area contributed by atoms with Crippen molar-refractivity contribution in [1.82, 2.24) is 0 Å². The van der Waals surface area contributed by atoms with Gasteiger partial charge in [0.2, 0.25) is 0 Å². The highest BCUT2D eigenvalue weighted by atomic mass is 16.5. The molecule has 0 radical (unpaired) electrons. The van der Waals surface area contributed by atoms with E-state index in [0.717, 1.165) is 22.1 Å². The molecule has 1 heterocycles. The zero-order valence-corrected chi connectivity index (χ0v) is 10.4. The molecule has 0 saturated heterocycles. The van der Waals surface area contributed by atoms with Crippen LogP contribution in [0.5, 0.6) is 5.75 Å². The summed E-state index contributed by atoms with van der Waals surface area (Å²) in [5.74, 6) is 0.872. The summed E-state index contributed by atoms with van der Waals surface area (Å²) in [6.07, 6.45) is 4.05. The fourth-order valence-corrected chi connectivity index (χ4v) is 2.29. The maximum Gasteiger partial charge on any atom is 0.135 e. The standard InChI is InChI=1S/C16H13NO/c1-16(2)8-7-11-9-12(10-17)13-5-3-4-6-14(13)15(11)18-16/h3-9H,1-2H3. The molecule has 2 heteroatoms. The summed E-state index contributed by atoms with van der Waals surface area (Å²) in [7, 11) is 0. The van der Waals surface area contributed by atoms with Gasteiger partial charge in [0.15, 0.2) is 0 Å². The van der Waals surface area contributed by atoms with Crippen LogP contribution >= 0.6 is 0 Å². The maximum absolute atomic E-state index is 9.22. The third-order valence-electron chi connectivity index (χ3n) is 3.17. The summed E-state index contributed by atoms with van der Waals surface area (Å²) in [5.41, 5.74) is 1.37. The van der Waals surface area contributed by atoms with Crippen molar-refractivity contribution in [3.63, 3.8) is 0 Å². The molecule has 2 aromatic carbocycles. The minimum atomic E-state index is -0.302. The Labute approximate surface area is 106 Å². The van der Waals surface area contributed by atoms with Crippen molar-refractivity contribution in [2.24, 2.45) is 0 Å². The molecule has 1 aliphatic heterocycles. The van der Waals surface area contributed by atoms with E-state index in [9.17, 15) is 5.26 Å². The van der Waals surface area contributed by atoms with E-state index in [4.69, 9.17) is 4.74 Å². The SMILES string of the molecule is CC1(C)C=Cc2cc(C#N)c3ccccc3c2O1. The van der Waals surface area contributed by atoms with Crippen LogP contribution in [0.1, 0.15) is 25.0 Å². The molecule has 0 N–H and O–H groups in total. The summed E-state index contributed by atoms with van der Waals surface area (Å²) < 4.78 is 6.04. The van der Waals surface area contributed by atoms with Gasteiger partial charge in [0, 0.05) is 16.3 Å². The Hall–Kier alpha value is -2.27. The Morgan fingerprint density at radius 3 is 2.61 bits per heavy atom. The first-order valence-corrected chi connectivity index (χ1v) is 5.95. The Bertz CT molecular complexity index is 705. The molecular weight excluding hydrogens is 222 g/mol. The van der Waals surface area contributed by atoms with E-state index < -0.39 is 0 Å². The molecule has 0 bridgehead atoms. The van der Waals surface area contributed by atoms with Crippen molar-refractivity contribution < 1.29 is 4.74 Å². The van der Waals surface area contributed by atoms with E-state index in [1.54, 1.807) is 0 Å². The van der Waals surface area contributed by atoms with E-state index in [1.807, 2.05) is 56.3 Å². The van der Waals surface area contributed by atoms with E-state index in [2.05, 4.69) is 6.07 Å². The van der Waals surface area contributed by atoms with Crippen LogP contribution in [-0.4, -0.2) is 5.60 Å². The summed E-state index contributed by atoms with van der Waals surface area (Å²) in [4.78, 5) is 0. The fourth-order valence-electron chi connectivity index (χ4n) is 2.29. The monoisotopic (exact) mass is 235 g/mol.